The van der Waals surface area contributed by atoms with E-state index in [-0.39, 0.29) is 23.1 Å². The third-order valence-electron chi connectivity index (χ3n) is 3.06. The second kappa shape index (κ2) is 6.31. The summed E-state index contributed by atoms with van der Waals surface area (Å²) in [5.74, 6) is 0.0310. The Morgan fingerprint density at radius 3 is 2.52 bits per heavy atom. The van der Waals surface area contributed by atoms with Crippen molar-refractivity contribution in [3.05, 3.63) is 18.2 Å². The van der Waals surface area contributed by atoms with Gasteiger partial charge in [0.05, 0.1) is 23.1 Å². The van der Waals surface area contributed by atoms with E-state index >= 15 is 0 Å². The predicted octanol–water partition coefficient (Wildman–Crippen LogP) is 0.328. The van der Waals surface area contributed by atoms with E-state index in [0.29, 0.717) is 5.69 Å². The lowest BCUT2D eigenvalue weighted by Crippen LogP contribution is -2.43. The van der Waals surface area contributed by atoms with Crippen LogP contribution < -0.4 is 20.5 Å². The number of ether oxygens (including phenoxy) is 1. The molecular weight excluding hydrogens is 294 g/mol. The normalized spacial score (nSPS) is 12.0. The minimum absolute atomic E-state index is 0.0261. The number of hydrogen-bond donors (Lipinski definition) is 3. The molecule has 0 heterocycles. The van der Waals surface area contributed by atoms with Gasteiger partial charge in [-0.25, -0.2) is 13.1 Å². The number of amides is 1. The highest BCUT2D eigenvalue weighted by Gasteiger charge is 2.29. The van der Waals surface area contributed by atoms with Gasteiger partial charge in [0.15, 0.2) is 0 Å². The molecule has 0 aliphatic rings. The average molecular weight is 315 g/mol. The van der Waals surface area contributed by atoms with Gasteiger partial charge in [-0.05, 0) is 26.0 Å². The van der Waals surface area contributed by atoms with E-state index in [1.54, 1.807) is 13.8 Å². The van der Waals surface area contributed by atoms with E-state index in [2.05, 4.69) is 10.0 Å². The summed E-state index contributed by atoms with van der Waals surface area (Å²) in [5, 5.41) is 2.50. The molecular formula is C13H21N3O4S. The molecule has 0 fully saturated rings. The first kappa shape index (κ1) is 17.3. The summed E-state index contributed by atoms with van der Waals surface area (Å²) >= 11 is 0. The molecule has 1 amide bonds. The van der Waals surface area contributed by atoms with Crippen LogP contribution in [0.1, 0.15) is 13.8 Å². The van der Waals surface area contributed by atoms with E-state index in [0.717, 1.165) is 0 Å². The van der Waals surface area contributed by atoms with Gasteiger partial charge < -0.3 is 15.8 Å². The van der Waals surface area contributed by atoms with Crippen molar-refractivity contribution in [3.63, 3.8) is 0 Å². The van der Waals surface area contributed by atoms with Gasteiger partial charge in [0, 0.05) is 19.7 Å². The second-order valence-electron chi connectivity index (χ2n) is 5.19. The minimum atomic E-state index is -3.75. The summed E-state index contributed by atoms with van der Waals surface area (Å²) in [4.78, 5) is 11.7. The molecule has 0 atom stereocenters. The molecule has 7 nitrogen and oxygen atoms in total. The molecule has 0 aromatic heterocycles. The zero-order valence-corrected chi connectivity index (χ0v) is 13.4. The zero-order chi connectivity index (χ0) is 16.3. The van der Waals surface area contributed by atoms with Crippen molar-refractivity contribution >= 4 is 21.6 Å². The SMILES string of the molecule is CNC(=O)C(C)(C)CNS(=O)(=O)c1ccc(N)c(OC)c1. The van der Waals surface area contributed by atoms with Gasteiger partial charge in [-0.1, -0.05) is 0 Å². The van der Waals surface area contributed by atoms with Gasteiger partial charge in [-0.2, -0.15) is 0 Å². The van der Waals surface area contributed by atoms with Crippen LogP contribution in [0.2, 0.25) is 0 Å². The Hall–Kier alpha value is -1.80. The largest absolute Gasteiger partial charge is 0.495 e. The maximum atomic E-state index is 12.2. The quantitative estimate of drug-likeness (QED) is 0.655. The number of carbonyl (C=O) groups is 1. The second-order valence-corrected chi connectivity index (χ2v) is 6.96. The Balaban J connectivity index is 2.95. The Bertz CT molecular complexity index is 626. The molecule has 0 saturated heterocycles. The number of benzene rings is 1. The number of nitrogen functional groups attached to an aromatic ring is 1. The monoisotopic (exact) mass is 315 g/mol. The van der Waals surface area contributed by atoms with Crippen LogP contribution in [0.3, 0.4) is 0 Å². The van der Waals surface area contributed by atoms with Crippen LogP contribution in [-0.2, 0) is 14.8 Å². The lowest BCUT2D eigenvalue weighted by molar-refractivity contribution is -0.128. The molecule has 21 heavy (non-hydrogen) atoms. The van der Waals surface area contributed by atoms with Gasteiger partial charge in [0.25, 0.3) is 0 Å². The van der Waals surface area contributed by atoms with Crippen LogP contribution in [-0.4, -0.2) is 35.0 Å². The molecule has 0 radical (unpaired) electrons. The lowest BCUT2D eigenvalue weighted by Gasteiger charge is -2.22. The van der Waals surface area contributed by atoms with E-state index in [4.69, 9.17) is 10.5 Å². The zero-order valence-electron chi connectivity index (χ0n) is 12.6. The molecule has 1 aromatic rings. The highest BCUT2D eigenvalue weighted by molar-refractivity contribution is 7.89. The van der Waals surface area contributed by atoms with Crippen molar-refractivity contribution in [1.82, 2.24) is 10.0 Å². The van der Waals surface area contributed by atoms with Crippen LogP contribution in [0.15, 0.2) is 23.1 Å². The average Bonchev–Trinajstić information content (AvgIpc) is 2.44. The van der Waals surface area contributed by atoms with Crippen molar-refractivity contribution in [3.8, 4) is 5.75 Å². The first-order chi connectivity index (χ1) is 9.64. The third-order valence-corrected chi connectivity index (χ3v) is 4.46. The highest BCUT2D eigenvalue weighted by Crippen LogP contribution is 2.25. The molecule has 0 aliphatic heterocycles. The maximum Gasteiger partial charge on any atom is 0.240 e. The van der Waals surface area contributed by atoms with Crippen molar-refractivity contribution in [1.29, 1.82) is 0 Å². The molecule has 0 spiro atoms. The summed E-state index contributed by atoms with van der Waals surface area (Å²) in [7, 11) is -0.840. The highest BCUT2D eigenvalue weighted by atomic mass is 32.2. The molecule has 1 aromatic carbocycles. The number of rotatable bonds is 6. The minimum Gasteiger partial charge on any atom is -0.495 e. The standard InChI is InChI=1S/C13H21N3O4S/c1-13(2,12(17)15-3)8-16-21(18,19)9-5-6-10(14)11(7-9)20-4/h5-7,16H,8,14H2,1-4H3,(H,15,17). The summed E-state index contributed by atoms with van der Waals surface area (Å²) in [6.45, 7) is 3.28. The number of nitrogens with one attached hydrogen (secondary N) is 2. The van der Waals surface area contributed by atoms with Crippen LogP contribution in [0.5, 0.6) is 5.75 Å². The van der Waals surface area contributed by atoms with E-state index < -0.39 is 15.4 Å². The predicted molar refractivity (Wildman–Crippen MR) is 80.4 cm³/mol. The summed E-state index contributed by atoms with van der Waals surface area (Å²) in [6, 6.07) is 4.18. The van der Waals surface area contributed by atoms with Crippen LogP contribution >= 0.6 is 0 Å². The molecule has 118 valence electrons. The molecule has 8 heteroatoms. The van der Waals surface area contributed by atoms with E-state index in [1.807, 2.05) is 0 Å². The number of carbonyl (C=O) groups excluding carboxylic acids is 1. The Kier molecular flexibility index (Phi) is 5.19. The van der Waals surface area contributed by atoms with Crippen molar-refractivity contribution < 1.29 is 17.9 Å². The Labute approximate surface area is 124 Å². The first-order valence-corrected chi connectivity index (χ1v) is 7.78. The smallest absolute Gasteiger partial charge is 0.240 e. The van der Waals surface area contributed by atoms with Crippen LogP contribution in [0.4, 0.5) is 5.69 Å². The van der Waals surface area contributed by atoms with Crippen LogP contribution in [0.25, 0.3) is 0 Å². The fraction of sp³-hybridized carbons (Fsp3) is 0.462. The molecule has 0 saturated carbocycles. The summed E-state index contributed by atoms with van der Waals surface area (Å²) in [6.07, 6.45) is 0. The number of hydrogen-bond acceptors (Lipinski definition) is 5. The van der Waals surface area contributed by atoms with E-state index in [9.17, 15) is 13.2 Å². The number of methoxy groups -OCH3 is 1. The van der Waals surface area contributed by atoms with Crippen LogP contribution in [0, 0.1) is 5.41 Å². The van der Waals surface area contributed by atoms with Crippen molar-refractivity contribution in [2.75, 3.05) is 26.4 Å². The van der Waals surface area contributed by atoms with Gasteiger partial charge in [-0.3, -0.25) is 4.79 Å². The van der Waals surface area contributed by atoms with Crippen molar-refractivity contribution in [2.45, 2.75) is 18.7 Å². The maximum absolute atomic E-state index is 12.2. The Morgan fingerprint density at radius 2 is 2.00 bits per heavy atom. The van der Waals surface area contributed by atoms with Gasteiger partial charge >= 0.3 is 0 Å². The summed E-state index contributed by atoms with van der Waals surface area (Å²) in [5.41, 5.74) is 5.14. The van der Waals surface area contributed by atoms with Gasteiger partial charge in [0.1, 0.15) is 5.75 Å². The topological polar surface area (TPSA) is 111 Å². The van der Waals surface area contributed by atoms with Crippen molar-refractivity contribution in [2.24, 2.45) is 5.41 Å². The fourth-order valence-corrected chi connectivity index (χ4v) is 2.86. The molecule has 0 unspecified atom stereocenters. The molecule has 0 bridgehead atoms. The number of anilines is 1. The number of nitrogens with two attached hydrogens (primary N) is 1. The third kappa shape index (κ3) is 4.08. The Morgan fingerprint density at radius 1 is 1.38 bits per heavy atom. The van der Waals surface area contributed by atoms with Gasteiger partial charge in [0.2, 0.25) is 15.9 Å². The van der Waals surface area contributed by atoms with E-state index in [1.165, 1.54) is 32.4 Å². The lowest BCUT2D eigenvalue weighted by atomic mass is 9.93. The molecule has 1 rings (SSSR count). The fourth-order valence-electron chi connectivity index (χ4n) is 1.64. The van der Waals surface area contributed by atoms with Gasteiger partial charge in [-0.15, -0.1) is 0 Å². The molecule has 0 aliphatic carbocycles. The molecule has 4 N–H and O–H groups in total. The summed E-state index contributed by atoms with van der Waals surface area (Å²) < 4.78 is 31.9. The first-order valence-electron chi connectivity index (χ1n) is 6.29. The number of sulfonamides is 1.